The Morgan fingerprint density at radius 1 is 1.21 bits per heavy atom. The van der Waals surface area contributed by atoms with Crippen LogP contribution in [0.15, 0.2) is 67.0 Å². The van der Waals surface area contributed by atoms with Gasteiger partial charge in [0.2, 0.25) is 5.91 Å². The number of piperidine rings is 1. The van der Waals surface area contributed by atoms with Gasteiger partial charge in [0.1, 0.15) is 11.3 Å². The molecule has 1 amide bonds. The number of fused-ring (bicyclic) bond motifs is 1. The molecule has 174 valence electrons. The second kappa shape index (κ2) is 9.73. The van der Waals surface area contributed by atoms with Crippen LogP contribution in [-0.4, -0.2) is 40.7 Å². The Hall–Kier alpha value is -3.58. The van der Waals surface area contributed by atoms with Crippen molar-refractivity contribution in [2.75, 3.05) is 25.1 Å². The van der Waals surface area contributed by atoms with Crippen LogP contribution in [0.2, 0.25) is 5.02 Å². The molecule has 0 aliphatic carbocycles. The summed E-state index contributed by atoms with van der Waals surface area (Å²) in [5.74, 6) is 1.57. The third-order valence-corrected chi connectivity index (χ3v) is 6.54. The highest BCUT2D eigenvalue weighted by molar-refractivity contribution is 6.33. The predicted molar refractivity (Wildman–Crippen MR) is 133 cm³/mol. The summed E-state index contributed by atoms with van der Waals surface area (Å²) in [7, 11) is 1.64. The Morgan fingerprint density at radius 3 is 2.94 bits per heavy atom. The fourth-order valence-electron chi connectivity index (χ4n) is 4.45. The van der Waals surface area contributed by atoms with E-state index in [1.165, 1.54) is 0 Å². The van der Waals surface area contributed by atoms with Gasteiger partial charge in [-0.15, -0.1) is 0 Å². The average Bonchev–Trinajstić information content (AvgIpc) is 3.32. The summed E-state index contributed by atoms with van der Waals surface area (Å²) >= 11 is 6.39. The smallest absolute Gasteiger partial charge is 0.225 e. The molecule has 0 bridgehead atoms. The largest absolute Gasteiger partial charge is 0.497 e. The number of methoxy groups -OCH3 is 1. The summed E-state index contributed by atoms with van der Waals surface area (Å²) in [6, 6.07) is 17.4. The number of hydrogen-bond acceptors (Lipinski definition) is 5. The number of ether oxygens (including phenoxy) is 1. The second-order valence-corrected chi connectivity index (χ2v) is 8.85. The molecular weight excluding hydrogens is 450 g/mol. The van der Waals surface area contributed by atoms with E-state index in [0.717, 1.165) is 53.3 Å². The van der Waals surface area contributed by atoms with E-state index in [1.807, 2.05) is 65.3 Å². The Balaban J connectivity index is 1.32. The van der Waals surface area contributed by atoms with E-state index in [0.29, 0.717) is 18.1 Å². The molecule has 0 unspecified atom stereocenters. The summed E-state index contributed by atoms with van der Waals surface area (Å²) < 4.78 is 7.10. The standard InChI is InChI=1S/C26H26ClN5O2/c1-34-20-8-4-6-18(14-20)16-29-26(33)19-7-5-12-31(17-19)25-24-15-23(30-32(24)13-11-28-25)21-9-2-3-10-22(21)27/h2-4,6,8-11,13-15,19H,5,7,12,16-17H2,1H3,(H,29,33)/t19-/m0/s1. The lowest BCUT2D eigenvalue weighted by atomic mass is 9.97. The van der Waals surface area contributed by atoms with Gasteiger partial charge in [-0.1, -0.05) is 41.9 Å². The lowest BCUT2D eigenvalue weighted by molar-refractivity contribution is -0.125. The fraction of sp³-hybridized carbons (Fsp3) is 0.269. The monoisotopic (exact) mass is 475 g/mol. The number of amides is 1. The predicted octanol–water partition coefficient (Wildman–Crippen LogP) is 4.59. The molecule has 1 aliphatic rings. The van der Waals surface area contributed by atoms with Crippen molar-refractivity contribution in [3.05, 3.63) is 77.6 Å². The van der Waals surface area contributed by atoms with E-state index in [2.05, 4.69) is 15.2 Å². The molecule has 7 nitrogen and oxygen atoms in total. The zero-order valence-electron chi connectivity index (χ0n) is 18.9. The third-order valence-electron chi connectivity index (χ3n) is 6.21. The van der Waals surface area contributed by atoms with Crippen molar-refractivity contribution >= 4 is 28.8 Å². The summed E-state index contributed by atoms with van der Waals surface area (Å²) in [6.45, 7) is 1.94. The van der Waals surface area contributed by atoms with Gasteiger partial charge in [0.25, 0.3) is 0 Å². The van der Waals surface area contributed by atoms with Gasteiger partial charge >= 0.3 is 0 Å². The number of nitrogens with one attached hydrogen (secondary N) is 1. The first kappa shape index (κ1) is 22.2. The Kier molecular flexibility index (Phi) is 6.36. The molecule has 2 aromatic heterocycles. The van der Waals surface area contributed by atoms with Crippen molar-refractivity contribution in [2.24, 2.45) is 5.92 Å². The number of nitrogens with zero attached hydrogens (tertiary/aromatic N) is 4. The summed E-state index contributed by atoms with van der Waals surface area (Å²) in [6.07, 6.45) is 5.36. The highest BCUT2D eigenvalue weighted by atomic mass is 35.5. The molecule has 1 aliphatic heterocycles. The molecule has 5 rings (SSSR count). The van der Waals surface area contributed by atoms with Gasteiger partial charge in [-0.25, -0.2) is 9.50 Å². The van der Waals surface area contributed by atoms with Crippen LogP contribution in [-0.2, 0) is 11.3 Å². The number of carbonyl (C=O) groups excluding carboxylic acids is 1. The molecule has 34 heavy (non-hydrogen) atoms. The van der Waals surface area contributed by atoms with Crippen LogP contribution in [0.3, 0.4) is 0 Å². The fourth-order valence-corrected chi connectivity index (χ4v) is 4.68. The van der Waals surface area contributed by atoms with Gasteiger partial charge in [0.05, 0.1) is 23.7 Å². The van der Waals surface area contributed by atoms with E-state index in [1.54, 1.807) is 13.3 Å². The number of anilines is 1. The highest BCUT2D eigenvalue weighted by Gasteiger charge is 2.28. The maximum Gasteiger partial charge on any atom is 0.225 e. The van der Waals surface area contributed by atoms with Crippen molar-refractivity contribution in [1.29, 1.82) is 0 Å². The van der Waals surface area contributed by atoms with E-state index in [9.17, 15) is 4.79 Å². The second-order valence-electron chi connectivity index (χ2n) is 8.44. The minimum atomic E-state index is -0.104. The van der Waals surface area contributed by atoms with Crippen molar-refractivity contribution in [1.82, 2.24) is 19.9 Å². The molecule has 8 heteroatoms. The Morgan fingerprint density at radius 2 is 2.09 bits per heavy atom. The molecule has 1 atom stereocenters. The van der Waals surface area contributed by atoms with Gasteiger partial charge in [0.15, 0.2) is 5.82 Å². The van der Waals surface area contributed by atoms with Crippen molar-refractivity contribution in [3.8, 4) is 17.0 Å². The van der Waals surface area contributed by atoms with Crippen LogP contribution in [0, 0.1) is 5.92 Å². The van der Waals surface area contributed by atoms with E-state index < -0.39 is 0 Å². The number of rotatable bonds is 6. The summed E-state index contributed by atoms with van der Waals surface area (Å²) in [5, 5.41) is 8.45. The molecule has 0 saturated carbocycles. The molecule has 3 heterocycles. The van der Waals surface area contributed by atoms with E-state index >= 15 is 0 Å². The SMILES string of the molecule is COc1cccc(CNC(=O)[C@H]2CCCN(c3nccn4nc(-c5ccccc5Cl)cc34)C2)c1. The summed E-state index contributed by atoms with van der Waals surface area (Å²) in [4.78, 5) is 19.8. The van der Waals surface area contributed by atoms with Crippen molar-refractivity contribution in [2.45, 2.75) is 19.4 Å². The molecule has 1 saturated heterocycles. The quantitative estimate of drug-likeness (QED) is 0.441. The lowest BCUT2D eigenvalue weighted by Gasteiger charge is -2.33. The normalized spacial score (nSPS) is 15.9. The molecular formula is C26H26ClN5O2. The Labute approximate surface area is 203 Å². The van der Waals surface area contributed by atoms with Crippen molar-refractivity contribution < 1.29 is 9.53 Å². The van der Waals surface area contributed by atoms with Gasteiger partial charge in [-0.05, 0) is 42.7 Å². The van der Waals surface area contributed by atoms with Crippen molar-refractivity contribution in [3.63, 3.8) is 0 Å². The van der Waals surface area contributed by atoms with Gasteiger partial charge in [-0.2, -0.15) is 5.10 Å². The number of aromatic nitrogens is 3. The molecule has 1 fully saturated rings. The highest BCUT2D eigenvalue weighted by Crippen LogP contribution is 2.31. The number of hydrogen-bond donors (Lipinski definition) is 1. The molecule has 2 aromatic carbocycles. The van der Waals surface area contributed by atoms with Crippen LogP contribution in [0.1, 0.15) is 18.4 Å². The van der Waals surface area contributed by atoms with Gasteiger partial charge in [0, 0.05) is 37.6 Å². The minimum absolute atomic E-state index is 0.0599. The summed E-state index contributed by atoms with van der Waals surface area (Å²) in [5.41, 5.74) is 3.59. The first-order valence-corrected chi connectivity index (χ1v) is 11.7. The topological polar surface area (TPSA) is 71.8 Å². The Bertz CT molecular complexity index is 1320. The lowest BCUT2D eigenvalue weighted by Crippen LogP contribution is -2.43. The third kappa shape index (κ3) is 4.56. The maximum absolute atomic E-state index is 13.0. The maximum atomic E-state index is 13.0. The zero-order valence-corrected chi connectivity index (χ0v) is 19.7. The van der Waals surface area contributed by atoms with Crippen LogP contribution in [0.25, 0.3) is 16.8 Å². The van der Waals surface area contributed by atoms with Crippen LogP contribution in [0.4, 0.5) is 5.82 Å². The first-order chi connectivity index (χ1) is 16.6. The molecule has 4 aromatic rings. The van der Waals surface area contributed by atoms with E-state index in [4.69, 9.17) is 21.4 Å². The van der Waals surface area contributed by atoms with Crippen LogP contribution in [0.5, 0.6) is 5.75 Å². The van der Waals surface area contributed by atoms with Gasteiger partial charge in [-0.3, -0.25) is 4.79 Å². The zero-order chi connectivity index (χ0) is 23.5. The number of halogens is 1. The minimum Gasteiger partial charge on any atom is -0.497 e. The van der Waals surface area contributed by atoms with Crippen LogP contribution >= 0.6 is 11.6 Å². The van der Waals surface area contributed by atoms with E-state index in [-0.39, 0.29) is 11.8 Å². The molecule has 1 N–H and O–H groups in total. The first-order valence-electron chi connectivity index (χ1n) is 11.4. The average molecular weight is 476 g/mol. The van der Waals surface area contributed by atoms with Crippen LogP contribution < -0.4 is 15.0 Å². The van der Waals surface area contributed by atoms with Gasteiger partial charge < -0.3 is 15.0 Å². The molecule has 0 radical (unpaired) electrons. The number of benzene rings is 2. The number of carbonyl (C=O) groups is 1. The molecule has 0 spiro atoms.